The molecule has 2 rings (SSSR count). The molecule has 7 heteroatoms. The topological polar surface area (TPSA) is 86.5 Å². The SMILES string of the molecule is CCCC(C)(N)C(=O)NCc1ccc(OCCOc2ccccc2)nc1.Cl. The highest BCUT2D eigenvalue weighted by Gasteiger charge is 2.26. The van der Waals surface area contributed by atoms with E-state index < -0.39 is 5.54 Å². The molecule has 0 saturated carbocycles. The predicted molar refractivity (Wildman–Crippen MR) is 108 cm³/mol. The fourth-order valence-electron chi connectivity index (χ4n) is 2.44. The van der Waals surface area contributed by atoms with Gasteiger partial charge in [-0.15, -0.1) is 12.4 Å². The van der Waals surface area contributed by atoms with Crippen LogP contribution in [0.15, 0.2) is 48.7 Å². The summed E-state index contributed by atoms with van der Waals surface area (Å²) in [4.78, 5) is 16.3. The van der Waals surface area contributed by atoms with E-state index in [-0.39, 0.29) is 18.3 Å². The molecule has 6 nitrogen and oxygen atoms in total. The van der Waals surface area contributed by atoms with Gasteiger partial charge in [-0.2, -0.15) is 0 Å². The van der Waals surface area contributed by atoms with Gasteiger partial charge in [0.2, 0.25) is 11.8 Å². The number of hydrogen-bond acceptors (Lipinski definition) is 5. The molecule has 1 heterocycles. The van der Waals surface area contributed by atoms with E-state index in [1.807, 2.05) is 43.3 Å². The summed E-state index contributed by atoms with van der Waals surface area (Å²) in [6.45, 7) is 4.99. The maximum Gasteiger partial charge on any atom is 0.240 e. The highest BCUT2D eigenvalue weighted by Crippen LogP contribution is 2.11. The predicted octanol–water partition coefficient (Wildman–Crippen LogP) is 3.09. The molecule has 0 fully saturated rings. The third-order valence-electron chi connectivity index (χ3n) is 3.88. The van der Waals surface area contributed by atoms with Crippen LogP contribution in [0.3, 0.4) is 0 Å². The maximum absolute atomic E-state index is 12.1. The number of nitrogens with zero attached hydrogens (tertiary/aromatic N) is 1. The van der Waals surface area contributed by atoms with Gasteiger partial charge in [-0.1, -0.05) is 37.6 Å². The summed E-state index contributed by atoms with van der Waals surface area (Å²) in [5.41, 5.74) is 6.05. The number of nitrogens with one attached hydrogen (secondary N) is 1. The number of aromatic nitrogens is 1. The van der Waals surface area contributed by atoms with Crippen molar-refractivity contribution in [2.75, 3.05) is 13.2 Å². The molecule has 0 saturated heterocycles. The van der Waals surface area contributed by atoms with Crippen LogP contribution in [-0.4, -0.2) is 29.6 Å². The zero-order valence-corrected chi connectivity index (χ0v) is 16.6. The minimum atomic E-state index is -0.843. The number of para-hydroxylation sites is 1. The van der Waals surface area contributed by atoms with Crippen LogP contribution in [0.2, 0.25) is 0 Å². The summed E-state index contributed by atoms with van der Waals surface area (Å²) in [5, 5.41) is 2.85. The average molecular weight is 394 g/mol. The molecular weight excluding hydrogens is 366 g/mol. The highest BCUT2D eigenvalue weighted by atomic mass is 35.5. The van der Waals surface area contributed by atoms with E-state index in [2.05, 4.69) is 10.3 Å². The molecule has 3 N–H and O–H groups in total. The van der Waals surface area contributed by atoms with Crippen molar-refractivity contribution in [2.24, 2.45) is 5.73 Å². The van der Waals surface area contributed by atoms with Crippen LogP contribution in [-0.2, 0) is 11.3 Å². The van der Waals surface area contributed by atoms with Crippen LogP contribution in [0, 0.1) is 0 Å². The number of rotatable bonds is 10. The lowest BCUT2D eigenvalue weighted by Gasteiger charge is -2.22. The van der Waals surface area contributed by atoms with Gasteiger partial charge in [0.1, 0.15) is 19.0 Å². The third kappa shape index (κ3) is 7.85. The first-order valence-electron chi connectivity index (χ1n) is 8.84. The molecule has 2 aromatic rings. The second kappa shape index (κ2) is 11.4. The van der Waals surface area contributed by atoms with Crippen molar-refractivity contribution in [1.82, 2.24) is 10.3 Å². The highest BCUT2D eigenvalue weighted by molar-refractivity contribution is 5.85. The fourth-order valence-corrected chi connectivity index (χ4v) is 2.44. The van der Waals surface area contributed by atoms with Crippen molar-refractivity contribution in [3.63, 3.8) is 0 Å². The Bertz CT molecular complexity index is 679. The lowest BCUT2D eigenvalue weighted by molar-refractivity contribution is -0.126. The number of halogens is 1. The molecule has 1 atom stereocenters. The fraction of sp³-hybridized carbons (Fsp3) is 0.400. The number of nitrogens with two attached hydrogens (primary N) is 1. The van der Waals surface area contributed by atoms with Crippen LogP contribution in [0.5, 0.6) is 11.6 Å². The standard InChI is InChI=1S/C20H27N3O3.ClH/c1-3-11-20(2,21)19(24)23-15-16-9-10-18(22-14-16)26-13-12-25-17-7-5-4-6-8-17;/h4-10,14H,3,11-13,15,21H2,1-2H3,(H,23,24);1H. The molecule has 1 aromatic carbocycles. The van der Waals surface area contributed by atoms with Gasteiger partial charge in [-0.05, 0) is 31.0 Å². The number of pyridine rings is 1. The average Bonchev–Trinajstić information content (AvgIpc) is 2.65. The number of ether oxygens (including phenoxy) is 2. The number of amides is 1. The summed E-state index contributed by atoms with van der Waals surface area (Å²) in [6.07, 6.45) is 3.19. The summed E-state index contributed by atoms with van der Waals surface area (Å²) in [5.74, 6) is 1.18. The van der Waals surface area contributed by atoms with Crippen molar-refractivity contribution in [1.29, 1.82) is 0 Å². The van der Waals surface area contributed by atoms with E-state index in [0.717, 1.165) is 17.7 Å². The van der Waals surface area contributed by atoms with Gasteiger partial charge in [-0.25, -0.2) is 4.98 Å². The van der Waals surface area contributed by atoms with Crippen LogP contribution >= 0.6 is 12.4 Å². The smallest absolute Gasteiger partial charge is 0.240 e. The van der Waals surface area contributed by atoms with Gasteiger partial charge >= 0.3 is 0 Å². The Labute approximate surface area is 166 Å². The van der Waals surface area contributed by atoms with E-state index in [1.165, 1.54) is 0 Å². The molecule has 0 bridgehead atoms. The molecule has 0 aliphatic heterocycles. The second-order valence-electron chi connectivity index (χ2n) is 6.36. The summed E-state index contributed by atoms with van der Waals surface area (Å²) >= 11 is 0. The molecule has 1 unspecified atom stereocenters. The molecule has 148 valence electrons. The molecule has 0 radical (unpaired) electrons. The molecule has 0 aliphatic carbocycles. The first-order chi connectivity index (χ1) is 12.5. The van der Waals surface area contributed by atoms with Crippen LogP contribution in [0.1, 0.15) is 32.3 Å². The van der Waals surface area contributed by atoms with Gasteiger partial charge in [0.15, 0.2) is 0 Å². The molecular formula is C20H28ClN3O3. The number of hydrogen-bond donors (Lipinski definition) is 2. The Hall–Kier alpha value is -2.31. The number of benzene rings is 1. The van der Waals surface area contributed by atoms with Gasteiger partial charge in [0, 0.05) is 18.8 Å². The minimum Gasteiger partial charge on any atom is -0.490 e. The first kappa shape index (κ1) is 22.7. The molecule has 27 heavy (non-hydrogen) atoms. The summed E-state index contributed by atoms with van der Waals surface area (Å²) in [6, 6.07) is 13.2. The normalized spacial score (nSPS) is 12.4. The van der Waals surface area contributed by atoms with Gasteiger partial charge < -0.3 is 20.5 Å². The van der Waals surface area contributed by atoms with E-state index in [0.29, 0.717) is 32.1 Å². The lowest BCUT2D eigenvalue weighted by Crippen LogP contribution is -2.51. The zero-order valence-electron chi connectivity index (χ0n) is 15.8. The quantitative estimate of drug-likeness (QED) is 0.606. The Morgan fingerprint density at radius 1 is 1.15 bits per heavy atom. The van der Waals surface area contributed by atoms with Gasteiger partial charge in [0.25, 0.3) is 0 Å². The van der Waals surface area contributed by atoms with Crippen molar-refractivity contribution in [2.45, 2.75) is 38.8 Å². The van der Waals surface area contributed by atoms with Crippen LogP contribution < -0.4 is 20.5 Å². The van der Waals surface area contributed by atoms with E-state index >= 15 is 0 Å². The number of carbonyl (C=O) groups excluding carboxylic acids is 1. The lowest BCUT2D eigenvalue weighted by atomic mass is 9.96. The molecule has 0 spiro atoms. The first-order valence-corrected chi connectivity index (χ1v) is 8.84. The largest absolute Gasteiger partial charge is 0.490 e. The minimum absolute atomic E-state index is 0. The molecule has 0 aliphatic rings. The Morgan fingerprint density at radius 3 is 2.48 bits per heavy atom. The summed E-state index contributed by atoms with van der Waals surface area (Å²) < 4.78 is 11.1. The maximum atomic E-state index is 12.1. The van der Waals surface area contributed by atoms with Crippen molar-refractivity contribution < 1.29 is 14.3 Å². The molecule has 1 amide bonds. The van der Waals surface area contributed by atoms with Crippen molar-refractivity contribution in [3.05, 3.63) is 54.2 Å². The summed E-state index contributed by atoms with van der Waals surface area (Å²) in [7, 11) is 0. The number of carbonyl (C=O) groups is 1. The zero-order chi connectivity index (χ0) is 18.8. The van der Waals surface area contributed by atoms with E-state index in [9.17, 15) is 4.79 Å². The van der Waals surface area contributed by atoms with E-state index in [1.54, 1.807) is 19.2 Å². The Morgan fingerprint density at radius 2 is 1.85 bits per heavy atom. The van der Waals surface area contributed by atoms with Crippen molar-refractivity contribution >= 4 is 18.3 Å². The third-order valence-corrected chi connectivity index (χ3v) is 3.88. The van der Waals surface area contributed by atoms with Gasteiger partial charge in [0.05, 0.1) is 5.54 Å². The monoisotopic (exact) mass is 393 g/mol. The van der Waals surface area contributed by atoms with Crippen LogP contribution in [0.25, 0.3) is 0 Å². The molecule has 1 aromatic heterocycles. The van der Waals surface area contributed by atoms with Gasteiger partial charge in [-0.3, -0.25) is 4.79 Å². The van der Waals surface area contributed by atoms with E-state index in [4.69, 9.17) is 15.2 Å². The van der Waals surface area contributed by atoms with Crippen LogP contribution in [0.4, 0.5) is 0 Å². The Balaban J connectivity index is 0.00000364. The van der Waals surface area contributed by atoms with Crippen molar-refractivity contribution in [3.8, 4) is 11.6 Å². The Kier molecular flexibility index (Phi) is 9.61. The second-order valence-corrected chi connectivity index (χ2v) is 6.36.